The highest BCUT2D eigenvalue weighted by molar-refractivity contribution is 6.30. The van der Waals surface area contributed by atoms with E-state index in [0.717, 1.165) is 6.07 Å². The van der Waals surface area contributed by atoms with Gasteiger partial charge in [0.2, 0.25) is 0 Å². The zero-order chi connectivity index (χ0) is 13.3. The second-order valence-electron chi connectivity index (χ2n) is 4.46. The summed E-state index contributed by atoms with van der Waals surface area (Å²) < 4.78 is 38.9. The molecular formula is C12H14ClF3N2. The minimum Gasteiger partial charge on any atom is -0.368 e. The highest BCUT2D eigenvalue weighted by Gasteiger charge is 2.35. The number of nitrogens with one attached hydrogen (secondary N) is 1. The van der Waals surface area contributed by atoms with Gasteiger partial charge < -0.3 is 10.2 Å². The van der Waals surface area contributed by atoms with E-state index in [4.69, 9.17) is 11.6 Å². The lowest BCUT2D eigenvalue weighted by Gasteiger charge is -2.35. The van der Waals surface area contributed by atoms with Crippen LogP contribution in [0.3, 0.4) is 0 Å². The molecule has 1 aromatic rings. The minimum absolute atomic E-state index is 0.106. The van der Waals surface area contributed by atoms with Gasteiger partial charge in [-0.3, -0.25) is 0 Å². The molecule has 0 aliphatic carbocycles. The maximum absolute atomic E-state index is 13.0. The summed E-state index contributed by atoms with van der Waals surface area (Å²) in [6, 6.07) is 4.11. The number of nitrogens with zero attached hydrogens (tertiary/aromatic N) is 1. The molecule has 1 aliphatic rings. The third kappa shape index (κ3) is 2.90. The molecule has 1 unspecified atom stereocenters. The third-order valence-electron chi connectivity index (χ3n) is 2.97. The molecule has 1 fully saturated rings. The lowest BCUT2D eigenvalue weighted by Crippen LogP contribution is -2.49. The molecule has 0 spiro atoms. The van der Waals surface area contributed by atoms with Gasteiger partial charge in [-0.05, 0) is 25.1 Å². The van der Waals surface area contributed by atoms with Crippen molar-refractivity contribution in [2.45, 2.75) is 19.1 Å². The SMILES string of the molecule is CC1CN(c2ccc(Cl)cc2C(F)(F)F)CCN1. The summed E-state index contributed by atoms with van der Waals surface area (Å²) in [5.74, 6) is 0. The average Bonchev–Trinajstić information content (AvgIpc) is 2.27. The summed E-state index contributed by atoms with van der Waals surface area (Å²) in [6.45, 7) is 3.76. The Bertz CT molecular complexity index is 434. The van der Waals surface area contributed by atoms with E-state index in [-0.39, 0.29) is 16.8 Å². The molecule has 6 heteroatoms. The van der Waals surface area contributed by atoms with Crippen molar-refractivity contribution >= 4 is 17.3 Å². The molecule has 1 aliphatic heterocycles. The van der Waals surface area contributed by atoms with Gasteiger partial charge in [0.25, 0.3) is 0 Å². The molecule has 1 atom stereocenters. The molecule has 0 bridgehead atoms. The molecule has 100 valence electrons. The predicted molar refractivity (Wildman–Crippen MR) is 66.1 cm³/mol. The van der Waals surface area contributed by atoms with Crippen LogP contribution in [0.4, 0.5) is 18.9 Å². The summed E-state index contributed by atoms with van der Waals surface area (Å²) in [6.07, 6.45) is -4.38. The normalized spacial score (nSPS) is 21.2. The number of hydrogen-bond donors (Lipinski definition) is 1. The number of halogens is 4. The molecule has 2 nitrogen and oxygen atoms in total. The first-order chi connectivity index (χ1) is 8.38. The van der Waals surface area contributed by atoms with Gasteiger partial charge in [0, 0.05) is 36.4 Å². The molecule has 0 aromatic heterocycles. The topological polar surface area (TPSA) is 15.3 Å². The van der Waals surface area contributed by atoms with Crippen LogP contribution in [-0.2, 0) is 6.18 Å². The van der Waals surface area contributed by atoms with Gasteiger partial charge >= 0.3 is 6.18 Å². The zero-order valence-corrected chi connectivity index (χ0v) is 10.6. The summed E-state index contributed by atoms with van der Waals surface area (Å²) in [4.78, 5) is 1.75. The van der Waals surface area contributed by atoms with Crippen LogP contribution >= 0.6 is 11.6 Å². The molecule has 1 saturated heterocycles. The molecule has 0 amide bonds. The van der Waals surface area contributed by atoms with Crippen molar-refractivity contribution in [3.8, 4) is 0 Å². The molecule has 0 saturated carbocycles. The zero-order valence-electron chi connectivity index (χ0n) is 9.89. The van der Waals surface area contributed by atoms with Crippen LogP contribution in [-0.4, -0.2) is 25.7 Å². The summed E-state index contributed by atoms with van der Waals surface area (Å²) in [7, 11) is 0. The number of piperazine rings is 1. The maximum atomic E-state index is 13.0. The van der Waals surface area contributed by atoms with Gasteiger partial charge in [-0.1, -0.05) is 11.6 Å². The van der Waals surface area contributed by atoms with E-state index in [1.807, 2.05) is 6.92 Å². The van der Waals surface area contributed by atoms with E-state index in [0.29, 0.717) is 19.6 Å². The molecule has 1 N–H and O–H groups in total. The van der Waals surface area contributed by atoms with E-state index in [2.05, 4.69) is 5.32 Å². The molecular weight excluding hydrogens is 265 g/mol. The quantitative estimate of drug-likeness (QED) is 0.849. The van der Waals surface area contributed by atoms with E-state index < -0.39 is 11.7 Å². The van der Waals surface area contributed by atoms with Crippen LogP contribution in [0.1, 0.15) is 12.5 Å². The Morgan fingerprint density at radius 2 is 2.11 bits per heavy atom. The minimum atomic E-state index is -4.38. The van der Waals surface area contributed by atoms with Crippen molar-refractivity contribution < 1.29 is 13.2 Å². The van der Waals surface area contributed by atoms with Crippen molar-refractivity contribution in [3.63, 3.8) is 0 Å². The molecule has 1 aromatic carbocycles. The number of anilines is 1. The number of rotatable bonds is 1. The van der Waals surface area contributed by atoms with Gasteiger partial charge in [0.1, 0.15) is 0 Å². The molecule has 1 heterocycles. The molecule has 2 rings (SSSR count). The van der Waals surface area contributed by atoms with E-state index in [1.165, 1.54) is 12.1 Å². The highest BCUT2D eigenvalue weighted by Crippen LogP contribution is 2.38. The highest BCUT2D eigenvalue weighted by atomic mass is 35.5. The van der Waals surface area contributed by atoms with Crippen LogP contribution in [0, 0.1) is 0 Å². The summed E-state index contributed by atoms with van der Waals surface area (Å²) >= 11 is 5.66. The van der Waals surface area contributed by atoms with Gasteiger partial charge in [0.15, 0.2) is 0 Å². The fraction of sp³-hybridized carbons (Fsp3) is 0.500. The summed E-state index contributed by atoms with van der Waals surface area (Å²) in [5.41, 5.74) is -0.454. The van der Waals surface area contributed by atoms with Crippen LogP contribution < -0.4 is 10.2 Å². The van der Waals surface area contributed by atoms with Crippen molar-refractivity contribution in [1.82, 2.24) is 5.32 Å². The van der Waals surface area contributed by atoms with Crippen molar-refractivity contribution in [3.05, 3.63) is 28.8 Å². The summed E-state index contributed by atoms with van der Waals surface area (Å²) in [5, 5.41) is 3.31. The Labute approximate surface area is 109 Å². The van der Waals surface area contributed by atoms with Gasteiger partial charge in [0.05, 0.1) is 5.56 Å². The van der Waals surface area contributed by atoms with E-state index in [9.17, 15) is 13.2 Å². The van der Waals surface area contributed by atoms with Crippen LogP contribution in [0.5, 0.6) is 0 Å². The Kier molecular flexibility index (Phi) is 3.73. The van der Waals surface area contributed by atoms with Gasteiger partial charge in [-0.15, -0.1) is 0 Å². The van der Waals surface area contributed by atoms with Crippen LogP contribution in [0.15, 0.2) is 18.2 Å². The number of benzene rings is 1. The Morgan fingerprint density at radius 3 is 2.72 bits per heavy atom. The Hall–Kier alpha value is -0.940. The Morgan fingerprint density at radius 1 is 1.39 bits per heavy atom. The lowest BCUT2D eigenvalue weighted by atomic mass is 10.1. The molecule has 0 radical (unpaired) electrons. The fourth-order valence-electron chi connectivity index (χ4n) is 2.16. The van der Waals surface area contributed by atoms with Gasteiger partial charge in [-0.25, -0.2) is 0 Å². The van der Waals surface area contributed by atoms with E-state index in [1.54, 1.807) is 4.90 Å². The van der Waals surface area contributed by atoms with Crippen molar-refractivity contribution in [2.75, 3.05) is 24.5 Å². The number of alkyl halides is 3. The largest absolute Gasteiger partial charge is 0.418 e. The first-order valence-corrected chi connectivity index (χ1v) is 6.11. The second kappa shape index (κ2) is 4.97. The van der Waals surface area contributed by atoms with Crippen molar-refractivity contribution in [2.24, 2.45) is 0 Å². The smallest absolute Gasteiger partial charge is 0.368 e. The Balaban J connectivity index is 2.37. The fourth-order valence-corrected chi connectivity index (χ4v) is 2.33. The standard InChI is InChI=1S/C12H14ClF3N2/c1-8-7-18(5-4-17-8)11-3-2-9(13)6-10(11)12(14,15)16/h2-3,6,8,17H,4-5,7H2,1H3. The van der Waals surface area contributed by atoms with Gasteiger partial charge in [-0.2, -0.15) is 13.2 Å². The van der Waals surface area contributed by atoms with Crippen LogP contribution in [0.2, 0.25) is 5.02 Å². The molecule has 18 heavy (non-hydrogen) atoms. The monoisotopic (exact) mass is 278 g/mol. The first kappa shape index (κ1) is 13.5. The van der Waals surface area contributed by atoms with Crippen LogP contribution in [0.25, 0.3) is 0 Å². The van der Waals surface area contributed by atoms with E-state index >= 15 is 0 Å². The number of hydrogen-bond acceptors (Lipinski definition) is 2. The van der Waals surface area contributed by atoms with Crippen molar-refractivity contribution in [1.29, 1.82) is 0 Å². The predicted octanol–water partition coefficient (Wildman–Crippen LogP) is 3.16. The first-order valence-electron chi connectivity index (χ1n) is 5.73. The second-order valence-corrected chi connectivity index (χ2v) is 4.90. The lowest BCUT2D eigenvalue weighted by molar-refractivity contribution is -0.137. The average molecular weight is 279 g/mol. The third-order valence-corrected chi connectivity index (χ3v) is 3.21. The maximum Gasteiger partial charge on any atom is 0.418 e.